The van der Waals surface area contributed by atoms with E-state index in [1.165, 1.54) is 4.57 Å². The van der Waals surface area contributed by atoms with Gasteiger partial charge >= 0.3 is 5.97 Å². The lowest BCUT2D eigenvalue weighted by molar-refractivity contribution is 0.0522. The number of carbonyl (C=O) groups is 2. The molecule has 1 heterocycles. The predicted molar refractivity (Wildman–Crippen MR) is 99.1 cm³/mol. The van der Waals surface area contributed by atoms with Gasteiger partial charge in [-0.1, -0.05) is 41.9 Å². The summed E-state index contributed by atoms with van der Waals surface area (Å²) in [6.07, 6.45) is 3.19. The number of nitrogens with zero attached hydrogens (tertiary/aromatic N) is 1. The third-order valence-electron chi connectivity index (χ3n) is 4.59. The number of carbonyl (C=O) groups excluding carboxylic acids is 2. The Balaban J connectivity index is 2.11. The molecule has 1 aromatic heterocycles. The highest BCUT2D eigenvalue weighted by atomic mass is 35.5. The minimum absolute atomic E-state index is 0.116. The van der Waals surface area contributed by atoms with Gasteiger partial charge in [-0.15, -0.1) is 0 Å². The third kappa shape index (κ3) is 3.44. The Morgan fingerprint density at radius 3 is 2.54 bits per heavy atom. The summed E-state index contributed by atoms with van der Waals surface area (Å²) in [7, 11) is 0. The maximum Gasteiger partial charge on any atom is 0.345 e. The molecule has 5 nitrogen and oxygen atoms in total. The summed E-state index contributed by atoms with van der Waals surface area (Å²) in [6.45, 7) is 1.70. The van der Waals surface area contributed by atoms with E-state index in [-0.39, 0.29) is 29.5 Å². The van der Waals surface area contributed by atoms with Gasteiger partial charge in [-0.05, 0) is 38.2 Å². The van der Waals surface area contributed by atoms with Gasteiger partial charge in [0.15, 0.2) is 5.78 Å². The average Bonchev–Trinajstić information content (AvgIpc) is 2.66. The lowest BCUT2D eigenvalue weighted by Crippen LogP contribution is -2.35. The molecule has 1 aliphatic carbocycles. The number of esters is 1. The maximum atomic E-state index is 13.0. The first-order valence-electron chi connectivity index (χ1n) is 8.74. The summed E-state index contributed by atoms with van der Waals surface area (Å²) >= 11 is 6.39. The van der Waals surface area contributed by atoms with Crippen LogP contribution in [0.4, 0.5) is 0 Å². The number of ketones is 1. The van der Waals surface area contributed by atoms with Crippen LogP contribution in [0.15, 0.2) is 35.1 Å². The summed E-state index contributed by atoms with van der Waals surface area (Å²) < 4.78 is 6.41. The Hall–Kier alpha value is -2.40. The van der Waals surface area contributed by atoms with Crippen molar-refractivity contribution in [3.63, 3.8) is 0 Å². The molecule has 0 saturated carbocycles. The molecule has 2 aromatic rings. The van der Waals surface area contributed by atoms with Crippen LogP contribution in [0.3, 0.4) is 0 Å². The van der Waals surface area contributed by atoms with E-state index in [0.717, 1.165) is 24.1 Å². The normalized spacial score (nSPS) is 13.2. The maximum absolute atomic E-state index is 13.0. The molecule has 0 bridgehead atoms. The quantitative estimate of drug-likeness (QED) is 0.594. The van der Waals surface area contributed by atoms with Crippen molar-refractivity contribution >= 4 is 23.4 Å². The standard InChI is InChI=1S/C20H20ClNO4/c1-2-26-20(25)17-18(21)14-10-6-7-11-15(14)22(19(17)24)12-16(23)13-8-4-3-5-9-13/h3-5,8-9H,2,6-7,10-12H2,1H3. The van der Waals surface area contributed by atoms with Gasteiger partial charge in [0.25, 0.3) is 5.56 Å². The first kappa shape index (κ1) is 18.4. The number of Topliss-reactive ketones (excluding diaryl/α,β-unsaturated/α-hetero) is 1. The zero-order valence-electron chi connectivity index (χ0n) is 14.6. The van der Waals surface area contributed by atoms with Gasteiger partial charge in [0.2, 0.25) is 0 Å². The van der Waals surface area contributed by atoms with Crippen molar-refractivity contribution in [2.45, 2.75) is 39.2 Å². The van der Waals surface area contributed by atoms with Crippen molar-refractivity contribution in [2.75, 3.05) is 6.61 Å². The van der Waals surface area contributed by atoms with Crippen molar-refractivity contribution < 1.29 is 14.3 Å². The first-order valence-corrected chi connectivity index (χ1v) is 9.11. The topological polar surface area (TPSA) is 65.4 Å². The second-order valence-corrected chi connectivity index (χ2v) is 6.60. The van der Waals surface area contributed by atoms with Gasteiger partial charge in [0.1, 0.15) is 5.56 Å². The Kier molecular flexibility index (Phi) is 5.57. The summed E-state index contributed by atoms with van der Waals surface area (Å²) in [5.74, 6) is -0.922. The number of fused-ring (bicyclic) bond motifs is 1. The fourth-order valence-corrected chi connectivity index (χ4v) is 3.69. The average molecular weight is 374 g/mol. The van der Waals surface area contributed by atoms with E-state index in [1.54, 1.807) is 31.2 Å². The fourth-order valence-electron chi connectivity index (χ4n) is 3.33. The van der Waals surface area contributed by atoms with Crippen LogP contribution < -0.4 is 5.56 Å². The number of ether oxygens (including phenoxy) is 1. The van der Waals surface area contributed by atoms with Gasteiger partial charge in [-0.3, -0.25) is 9.59 Å². The zero-order chi connectivity index (χ0) is 18.7. The molecule has 0 amide bonds. The molecule has 0 spiro atoms. The highest BCUT2D eigenvalue weighted by Crippen LogP contribution is 2.29. The van der Waals surface area contributed by atoms with Crippen molar-refractivity contribution in [1.82, 2.24) is 4.57 Å². The molecular formula is C20H20ClNO4. The molecule has 0 aliphatic heterocycles. The highest BCUT2D eigenvalue weighted by Gasteiger charge is 2.28. The largest absolute Gasteiger partial charge is 0.462 e. The second kappa shape index (κ2) is 7.87. The molecule has 1 aromatic carbocycles. The monoisotopic (exact) mass is 373 g/mol. The Labute approximate surface area is 156 Å². The summed E-state index contributed by atoms with van der Waals surface area (Å²) in [6, 6.07) is 8.80. The molecule has 3 rings (SSSR count). The summed E-state index contributed by atoms with van der Waals surface area (Å²) in [4.78, 5) is 37.9. The molecule has 26 heavy (non-hydrogen) atoms. The number of rotatable bonds is 5. The van der Waals surface area contributed by atoms with E-state index in [2.05, 4.69) is 0 Å². The lowest BCUT2D eigenvalue weighted by Gasteiger charge is -2.23. The van der Waals surface area contributed by atoms with Gasteiger partial charge in [0, 0.05) is 11.3 Å². The van der Waals surface area contributed by atoms with Crippen LogP contribution in [0, 0.1) is 0 Å². The molecule has 0 unspecified atom stereocenters. The van der Waals surface area contributed by atoms with Gasteiger partial charge < -0.3 is 9.30 Å². The molecule has 136 valence electrons. The summed E-state index contributed by atoms with van der Waals surface area (Å²) in [5.41, 5.74) is 1.33. The van der Waals surface area contributed by atoms with Crippen LogP contribution in [0.5, 0.6) is 0 Å². The minimum atomic E-state index is -0.739. The van der Waals surface area contributed by atoms with Crippen molar-refractivity contribution in [2.24, 2.45) is 0 Å². The SMILES string of the molecule is CCOC(=O)c1c(Cl)c2c(n(CC(=O)c3ccccc3)c1=O)CCCC2. The van der Waals surface area contributed by atoms with Gasteiger partial charge in [-0.25, -0.2) is 4.79 Å². The number of halogens is 1. The minimum Gasteiger partial charge on any atom is -0.462 e. The van der Waals surface area contributed by atoms with Gasteiger partial charge in [0.05, 0.1) is 18.2 Å². The molecule has 1 aliphatic rings. The Bertz CT molecular complexity index is 902. The van der Waals surface area contributed by atoms with Crippen LogP contribution in [0.2, 0.25) is 5.02 Å². The number of hydrogen-bond acceptors (Lipinski definition) is 4. The fraction of sp³-hybridized carbons (Fsp3) is 0.350. The van der Waals surface area contributed by atoms with Crippen LogP contribution in [0.25, 0.3) is 0 Å². The Morgan fingerprint density at radius 1 is 1.15 bits per heavy atom. The molecule has 6 heteroatoms. The zero-order valence-corrected chi connectivity index (χ0v) is 15.3. The van der Waals surface area contributed by atoms with Crippen molar-refractivity contribution in [1.29, 1.82) is 0 Å². The van der Waals surface area contributed by atoms with E-state index in [9.17, 15) is 14.4 Å². The predicted octanol–water partition coefficient (Wildman–Crippen LogP) is 3.44. The summed E-state index contributed by atoms with van der Waals surface area (Å²) in [5, 5.41) is 0.173. The van der Waals surface area contributed by atoms with Crippen LogP contribution in [0.1, 0.15) is 51.7 Å². The molecular weight excluding hydrogens is 354 g/mol. The smallest absolute Gasteiger partial charge is 0.345 e. The van der Waals surface area contributed by atoms with E-state index in [4.69, 9.17) is 16.3 Å². The number of aromatic nitrogens is 1. The molecule has 0 fully saturated rings. The highest BCUT2D eigenvalue weighted by molar-refractivity contribution is 6.34. The second-order valence-electron chi connectivity index (χ2n) is 6.22. The van der Waals surface area contributed by atoms with Crippen molar-refractivity contribution in [3.05, 3.63) is 68.1 Å². The molecule has 0 atom stereocenters. The van der Waals surface area contributed by atoms with Crippen molar-refractivity contribution in [3.8, 4) is 0 Å². The number of pyridine rings is 1. The lowest BCUT2D eigenvalue weighted by atomic mass is 9.94. The molecule has 0 N–H and O–H groups in total. The number of hydrogen-bond donors (Lipinski definition) is 0. The van der Waals surface area contributed by atoms with E-state index in [0.29, 0.717) is 18.4 Å². The van der Waals surface area contributed by atoms with Crippen LogP contribution in [-0.4, -0.2) is 22.9 Å². The molecule has 0 saturated heterocycles. The van der Waals surface area contributed by atoms with Crippen LogP contribution >= 0.6 is 11.6 Å². The van der Waals surface area contributed by atoms with Crippen LogP contribution in [-0.2, 0) is 24.1 Å². The third-order valence-corrected chi connectivity index (χ3v) is 5.00. The molecule has 0 radical (unpaired) electrons. The number of benzene rings is 1. The Morgan fingerprint density at radius 2 is 1.85 bits per heavy atom. The first-order chi connectivity index (χ1) is 12.5. The van der Waals surface area contributed by atoms with E-state index < -0.39 is 11.5 Å². The van der Waals surface area contributed by atoms with Gasteiger partial charge in [-0.2, -0.15) is 0 Å². The van der Waals surface area contributed by atoms with E-state index in [1.807, 2.05) is 6.07 Å². The van der Waals surface area contributed by atoms with E-state index >= 15 is 0 Å².